The number of nitrogens with zero attached hydrogens (tertiary/aromatic N) is 2. The fourth-order valence-electron chi connectivity index (χ4n) is 4.21. The molecule has 1 aliphatic heterocycles. The van der Waals surface area contributed by atoms with Crippen molar-refractivity contribution in [2.75, 3.05) is 24.6 Å². The summed E-state index contributed by atoms with van der Waals surface area (Å²) < 4.78 is 45.8. The third-order valence-electron chi connectivity index (χ3n) is 5.95. The van der Waals surface area contributed by atoms with Crippen LogP contribution >= 0.6 is 0 Å². The lowest BCUT2D eigenvalue weighted by Gasteiger charge is -2.38. The van der Waals surface area contributed by atoms with Crippen molar-refractivity contribution >= 4 is 23.6 Å². The summed E-state index contributed by atoms with van der Waals surface area (Å²) in [4.78, 5) is 41.2. The van der Waals surface area contributed by atoms with Gasteiger partial charge in [-0.2, -0.15) is 0 Å². The maximum absolute atomic E-state index is 14.2. The van der Waals surface area contributed by atoms with Gasteiger partial charge in [-0.15, -0.1) is 0 Å². The second-order valence-corrected chi connectivity index (χ2v) is 8.51. The molecule has 2 aromatic rings. The number of rotatable bonds is 7. The third kappa shape index (κ3) is 5.00. The number of hydrogen-bond acceptors (Lipinski definition) is 4. The molecule has 0 bridgehead atoms. The van der Waals surface area contributed by atoms with E-state index in [4.69, 9.17) is 4.74 Å². The van der Waals surface area contributed by atoms with Gasteiger partial charge in [0.15, 0.2) is 0 Å². The van der Waals surface area contributed by atoms with E-state index in [2.05, 4.69) is 5.32 Å². The Morgan fingerprint density at radius 1 is 1.21 bits per heavy atom. The van der Waals surface area contributed by atoms with Gasteiger partial charge >= 0.3 is 6.09 Å². The van der Waals surface area contributed by atoms with E-state index in [1.54, 1.807) is 31.2 Å². The standard InChI is InChI=1S/C24H24F3N3O4/c1-15-5-2-3-8-19(15)21(22(32)28-17-12-24(26,27)13-17)30(18-7-4-6-16(25)11-18)20(31)14-29-9-10-34-23(29)33/h2-8,11,17,21H,9-10,12-14H2,1H3,(H,28,32). The number of amides is 3. The van der Waals surface area contributed by atoms with Crippen molar-refractivity contribution in [3.63, 3.8) is 0 Å². The van der Waals surface area contributed by atoms with Crippen LogP contribution in [0, 0.1) is 12.7 Å². The van der Waals surface area contributed by atoms with Crippen LogP contribution in [0.3, 0.4) is 0 Å². The van der Waals surface area contributed by atoms with Crippen LogP contribution < -0.4 is 10.2 Å². The molecule has 4 rings (SSSR count). The summed E-state index contributed by atoms with van der Waals surface area (Å²) in [5, 5.41) is 2.61. The van der Waals surface area contributed by atoms with Crippen molar-refractivity contribution < 1.29 is 32.3 Å². The van der Waals surface area contributed by atoms with Crippen molar-refractivity contribution in [1.82, 2.24) is 10.2 Å². The molecular weight excluding hydrogens is 451 g/mol. The topological polar surface area (TPSA) is 79.0 Å². The molecule has 1 aliphatic carbocycles. The van der Waals surface area contributed by atoms with E-state index in [9.17, 15) is 27.6 Å². The summed E-state index contributed by atoms with van der Waals surface area (Å²) in [7, 11) is 0. The molecule has 10 heteroatoms. The van der Waals surface area contributed by atoms with Gasteiger partial charge in [0, 0.05) is 24.6 Å². The van der Waals surface area contributed by atoms with E-state index < -0.39 is 61.1 Å². The van der Waals surface area contributed by atoms with Crippen LogP contribution in [-0.4, -0.2) is 54.5 Å². The number of hydrogen-bond donors (Lipinski definition) is 1. The van der Waals surface area contributed by atoms with Crippen molar-refractivity contribution in [3.05, 3.63) is 65.5 Å². The van der Waals surface area contributed by atoms with Crippen LogP contribution in [0.2, 0.25) is 0 Å². The molecule has 1 unspecified atom stereocenters. The first-order chi connectivity index (χ1) is 16.1. The Balaban J connectivity index is 1.73. The summed E-state index contributed by atoms with van der Waals surface area (Å²) in [5.41, 5.74) is 1.23. The van der Waals surface area contributed by atoms with E-state index >= 15 is 0 Å². The molecule has 0 radical (unpaired) electrons. The van der Waals surface area contributed by atoms with Gasteiger partial charge in [0.1, 0.15) is 25.0 Å². The molecule has 1 atom stereocenters. The Morgan fingerprint density at radius 2 is 1.94 bits per heavy atom. The largest absolute Gasteiger partial charge is 0.448 e. The average Bonchev–Trinajstić information content (AvgIpc) is 3.15. The van der Waals surface area contributed by atoms with Gasteiger partial charge in [-0.25, -0.2) is 18.0 Å². The smallest absolute Gasteiger partial charge is 0.410 e. The highest BCUT2D eigenvalue weighted by Gasteiger charge is 2.47. The second-order valence-electron chi connectivity index (χ2n) is 8.51. The molecule has 3 amide bonds. The zero-order chi connectivity index (χ0) is 24.5. The molecule has 0 spiro atoms. The summed E-state index contributed by atoms with van der Waals surface area (Å²) >= 11 is 0. The first-order valence-corrected chi connectivity index (χ1v) is 10.9. The highest BCUT2D eigenvalue weighted by Crippen LogP contribution is 2.38. The molecule has 1 saturated heterocycles. The van der Waals surface area contributed by atoms with Crippen molar-refractivity contribution in [2.24, 2.45) is 0 Å². The lowest BCUT2D eigenvalue weighted by molar-refractivity contribution is -0.132. The minimum atomic E-state index is -2.84. The molecule has 1 saturated carbocycles. The van der Waals surface area contributed by atoms with Crippen LogP contribution in [-0.2, 0) is 14.3 Å². The number of aryl methyl sites for hydroxylation is 1. The van der Waals surface area contributed by atoms with Crippen LogP contribution in [0.5, 0.6) is 0 Å². The normalized spacial score (nSPS) is 18.1. The van der Waals surface area contributed by atoms with Gasteiger partial charge in [-0.1, -0.05) is 30.3 Å². The molecule has 1 heterocycles. The number of cyclic esters (lactones) is 1. The number of nitrogens with one attached hydrogen (secondary N) is 1. The number of halogens is 3. The van der Waals surface area contributed by atoms with Crippen molar-refractivity contribution in [1.29, 1.82) is 0 Å². The molecule has 2 fully saturated rings. The summed E-state index contributed by atoms with van der Waals surface area (Å²) in [6, 6.07) is 10.0. The maximum Gasteiger partial charge on any atom is 0.410 e. The lowest BCUT2D eigenvalue weighted by Crippen LogP contribution is -2.55. The molecule has 2 aliphatic rings. The Morgan fingerprint density at radius 3 is 2.56 bits per heavy atom. The van der Waals surface area contributed by atoms with Crippen LogP contribution in [0.25, 0.3) is 0 Å². The first-order valence-electron chi connectivity index (χ1n) is 10.9. The monoisotopic (exact) mass is 475 g/mol. The van der Waals surface area contributed by atoms with Crippen molar-refractivity contribution in [2.45, 2.75) is 37.8 Å². The van der Waals surface area contributed by atoms with Gasteiger partial charge in [0.25, 0.3) is 5.92 Å². The molecule has 7 nitrogen and oxygen atoms in total. The maximum atomic E-state index is 14.2. The average molecular weight is 475 g/mol. The number of alkyl halides is 2. The van der Waals surface area contributed by atoms with Crippen LogP contribution in [0.4, 0.5) is 23.7 Å². The molecule has 34 heavy (non-hydrogen) atoms. The lowest BCUT2D eigenvalue weighted by atomic mass is 9.87. The quantitative estimate of drug-likeness (QED) is 0.664. The fraction of sp³-hybridized carbons (Fsp3) is 0.375. The van der Waals surface area contributed by atoms with E-state index in [0.717, 1.165) is 11.0 Å². The number of ether oxygens (including phenoxy) is 1. The van der Waals surface area contributed by atoms with E-state index in [1.165, 1.54) is 23.1 Å². The Kier molecular flexibility index (Phi) is 6.49. The third-order valence-corrected chi connectivity index (χ3v) is 5.95. The molecule has 0 aromatic heterocycles. The van der Waals surface area contributed by atoms with Gasteiger partial charge in [-0.3, -0.25) is 19.4 Å². The highest BCUT2D eigenvalue weighted by atomic mass is 19.3. The second kappa shape index (κ2) is 9.36. The molecule has 180 valence electrons. The zero-order valence-electron chi connectivity index (χ0n) is 18.5. The van der Waals surface area contributed by atoms with E-state index in [0.29, 0.717) is 11.1 Å². The number of anilines is 1. The predicted octanol–water partition coefficient (Wildman–Crippen LogP) is 3.57. The Hall–Kier alpha value is -3.56. The summed E-state index contributed by atoms with van der Waals surface area (Å²) in [6.45, 7) is 1.68. The van der Waals surface area contributed by atoms with Gasteiger partial charge < -0.3 is 10.1 Å². The fourth-order valence-corrected chi connectivity index (χ4v) is 4.21. The predicted molar refractivity (Wildman–Crippen MR) is 117 cm³/mol. The highest BCUT2D eigenvalue weighted by molar-refractivity contribution is 6.03. The number of carbonyl (C=O) groups is 3. The van der Waals surface area contributed by atoms with E-state index in [-0.39, 0.29) is 18.8 Å². The Bertz CT molecular complexity index is 1100. The summed E-state index contributed by atoms with van der Waals surface area (Å²) in [5.74, 6) is -4.79. The SMILES string of the molecule is Cc1ccccc1C(C(=O)NC1CC(F)(F)C1)N(C(=O)CN1CCOC1=O)c1cccc(F)c1. The van der Waals surface area contributed by atoms with Gasteiger partial charge in [-0.05, 0) is 36.2 Å². The first kappa shape index (κ1) is 23.6. The van der Waals surface area contributed by atoms with Gasteiger partial charge in [0.05, 0.1) is 6.54 Å². The summed E-state index contributed by atoms with van der Waals surface area (Å²) in [6.07, 6.45) is -1.65. The van der Waals surface area contributed by atoms with Crippen molar-refractivity contribution in [3.8, 4) is 0 Å². The minimum absolute atomic E-state index is 0.0971. The molecular formula is C24H24F3N3O4. The molecule has 2 aromatic carbocycles. The van der Waals surface area contributed by atoms with Crippen LogP contribution in [0.15, 0.2) is 48.5 Å². The van der Waals surface area contributed by atoms with Gasteiger partial charge in [0.2, 0.25) is 11.8 Å². The van der Waals surface area contributed by atoms with E-state index in [1.807, 2.05) is 0 Å². The zero-order valence-corrected chi connectivity index (χ0v) is 18.5. The molecule has 1 N–H and O–H groups in total. The van der Waals surface area contributed by atoms with Crippen LogP contribution in [0.1, 0.15) is 30.0 Å². The number of benzene rings is 2. The minimum Gasteiger partial charge on any atom is -0.448 e. The number of carbonyl (C=O) groups excluding carboxylic acids is 3. The Labute approximate surface area is 194 Å².